The quantitative estimate of drug-likeness (QED) is 0.581. The first-order chi connectivity index (χ1) is 6.08. The number of hydrogen-bond acceptors (Lipinski definition) is 2. The molecule has 0 N–H and O–H groups in total. The Morgan fingerprint density at radius 1 is 1.60 bits per heavy atom. The molecule has 0 spiro atoms. The van der Waals surface area contributed by atoms with Crippen molar-refractivity contribution < 1.29 is 9.91 Å². The van der Waals surface area contributed by atoms with Gasteiger partial charge in [-0.05, 0) is 33.4 Å². The number of rotatable bonds is 2. The fourth-order valence-electron chi connectivity index (χ4n) is 0.546. The van der Waals surface area contributed by atoms with Crippen molar-refractivity contribution in [3.05, 3.63) is 0 Å². The molecule has 0 aromatic rings. The third kappa shape index (κ3) is 4.54. The highest BCUT2D eigenvalue weighted by Crippen LogP contribution is 2.15. The lowest BCUT2D eigenvalue weighted by molar-refractivity contribution is 0.162. The molecule has 0 aliphatic carbocycles. The predicted octanol–water partition coefficient (Wildman–Crippen LogP) is 2.14. The van der Waals surface area contributed by atoms with Crippen molar-refractivity contribution in [1.82, 2.24) is 0 Å². The first-order valence-corrected chi connectivity index (χ1v) is 6.39. The van der Waals surface area contributed by atoms with Gasteiger partial charge in [0.05, 0.1) is 6.07 Å². The summed E-state index contributed by atoms with van der Waals surface area (Å²) >= 11 is 0. The van der Waals surface area contributed by atoms with E-state index in [9.17, 15) is 0 Å². The van der Waals surface area contributed by atoms with Crippen molar-refractivity contribution in [3.8, 4) is 6.07 Å². The van der Waals surface area contributed by atoms with Crippen molar-refractivity contribution in [1.29, 1.82) is 5.26 Å². The van der Waals surface area contributed by atoms with Crippen LogP contribution in [0.1, 0.15) is 19.2 Å². The van der Waals surface area contributed by atoms with Gasteiger partial charge in [-0.25, -0.2) is 0 Å². The maximum Gasteiger partial charge on any atom is 0.185 e. The number of nitrogens with zero attached hydrogens (tertiary/aromatic N) is 1. The zero-order valence-electron chi connectivity index (χ0n) is 10.6. The van der Waals surface area contributed by atoms with Gasteiger partial charge in [0, 0.05) is 5.48 Å². The summed E-state index contributed by atoms with van der Waals surface area (Å²) in [6.07, 6.45) is 0. The summed E-state index contributed by atoms with van der Waals surface area (Å²) in [5, 5.41) is 8.84. The van der Waals surface area contributed by atoms with E-state index in [0.717, 1.165) is 0 Å². The van der Waals surface area contributed by atoms with Gasteiger partial charge in [-0.15, -0.1) is 0 Å². The van der Waals surface area contributed by atoms with Crippen LogP contribution in [-0.4, -0.2) is 13.9 Å². The minimum atomic E-state index is -2.57. The Morgan fingerprint density at radius 3 is 2.30 bits per heavy atom. The van der Waals surface area contributed by atoms with Crippen LogP contribution >= 0.6 is 0 Å². The van der Waals surface area contributed by atoms with E-state index >= 15 is 0 Å². The summed E-state index contributed by atoms with van der Waals surface area (Å²) in [6, 6.07) is 1.62. The molecule has 10 heavy (non-hydrogen) atoms. The minimum Gasteiger partial charge on any atom is -0.400 e. The Balaban J connectivity index is 5.04. The Hall–Kier alpha value is -0.333. The maximum absolute atomic E-state index is 8.84. The molecule has 3 heteroatoms. The van der Waals surface area contributed by atoms with E-state index in [4.69, 9.17) is 15.2 Å². The molecule has 0 amide bonds. The van der Waals surface area contributed by atoms with E-state index < -0.39 is 27.7 Å². The van der Waals surface area contributed by atoms with Gasteiger partial charge >= 0.3 is 0 Å². The summed E-state index contributed by atoms with van der Waals surface area (Å²) in [6.45, 7) is 2.25. The van der Waals surface area contributed by atoms with Crippen molar-refractivity contribution >= 4 is 8.32 Å². The summed E-state index contributed by atoms with van der Waals surface area (Å²) in [5.74, 6) is 0. The van der Waals surface area contributed by atoms with E-state index in [2.05, 4.69) is 0 Å². The molecule has 58 valence electrons. The van der Waals surface area contributed by atoms with E-state index in [1.165, 1.54) is 0 Å². The smallest absolute Gasteiger partial charge is 0.185 e. The molecule has 0 aliphatic heterocycles. The molecular weight excluding hydrogens is 142 g/mol. The van der Waals surface area contributed by atoms with Gasteiger partial charge in [-0.1, -0.05) is 0 Å². The Kier molecular flexibility index (Phi) is 1.23. The van der Waals surface area contributed by atoms with Crippen LogP contribution in [-0.2, 0) is 4.43 Å². The molecule has 1 unspecified atom stereocenters. The second kappa shape index (κ2) is 2.73. The third-order valence-corrected chi connectivity index (χ3v) is 1.62. The van der Waals surface area contributed by atoms with Crippen molar-refractivity contribution in [2.75, 3.05) is 0 Å². The molecule has 0 fully saturated rings. The van der Waals surface area contributed by atoms with Crippen LogP contribution in [0.3, 0.4) is 0 Å². The molecule has 0 radical (unpaired) electrons. The molecule has 0 bridgehead atoms. The van der Waals surface area contributed by atoms with Crippen LogP contribution in [0, 0.1) is 11.3 Å². The average molecular weight is 161 g/mol. The largest absolute Gasteiger partial charge is 0.400 e. The van der Waals surface area contributed by atoms with E-state index in [-0.39, 0.29) is 0 Å². The summed E-state index contributed by atoms with van der Waals surface area (Å²) < 4.78 is 34.1. The van der Waals surface area contributed by atoms with E-state index in [1.807, 2.05) is 0 Å². The lowest BCUT2D eigenvalue weighted by atomic mass is 10.2. The molecule has 0 rings (SSSR count). The lowest BCUT2D eigenvalue weighted by Gasteiger charge is -2.26. The zero-order chi connectivity index (χ0) is 11.6. The van der Waals surface area contributed by atoms with Gasteiger partial charge in [0.15, 0.2) is 8.32 Å². The Bertz CT molecular complexity index is 242. The SMILES string of the molecule is [2H]CC(C#N)(O[Si](C)(C)C)C([2H])([2H])[2H]. The molecule has 0 saturated carbocycles. The van der Waals surface area contributed by atoms with Gasteiger partial charge in [-0.2, -0.15) is 5.26 Å². The molecule has 1 atom stereocenters. The Labute approximate surface area is 69.6 Å². The summed E-state index contributed by atoms with van der Waals surface area (Å²) in [5.41, 5.74) is -1.96. The van der Waals surface area contributed by atoms with Crippen LogP contribution in [0.5, 0.6) is 0 Å². The lowest BCUT2D eigenvalue weighted by Crippen LogP contribution is -2.37. The van der Waals surface area contributed by atoms with Crippen molar-refractivity contribution in [2.45, 2.75) is 39.0 Å². The fourth-order valence-corrected chi connectivity index (χ4v) is 1.64. The van der Waals surface area contributed by atoms with Crippen LogP contribution in [0.15, 0.2) is 0 Å². The van der Waals surface area contributed by atoms with Crippen molar-refractivity contribution in [2.24, 2.45) is 0 Å². The topological polar surface area (TPSA) is 33.0 Å². The molecular formula is C7H15NOSi. The van der Waals surface area contributed by atoms with Crippen LogP contribution < -0.4 is 0 Å². The Morgan fingerprint density at radius 2 is 2.20 bits per heavy atom. The zero-order valence-corrected chi connectivity index (χ0v) is 7.56. The van der Waals surface area contributed by atoms with Gasteiger partial charge in [0.2, 0.25) is 0 Å². The van der Waals surface area contributed by atoms with Crippen LogP contribution in [0.2, 0.25) is 19.6 Å². The number of nitriles is 1. The number of hydrogen-bond donors (Lipinski definition) is 0. The monoisotopic (exact) mass is 161 g/mol. The van der Waals surface area contributed by atoms with Crippen molar-refractivity contribution in [3.63, 3.8) is 0 Å². The van der Waals surface area contributed by atoms with Gasteiger partial charge in [-0.3, -0.25) is 0 Å². The van der Waals surface area contributed by atoms with E-state index in [0.29, 0.717) is 0 Å². The first kappa shape index (κ1) is 4.53. The third-order valence-electron chi connectivity index (χ3n) is 0.661. The molecule has 0 heterocycles. The standard InChI is InChI=1S/C7H15NOSi/c1-7(2,6-8)9-10(3,4)5/h1-5H3/i1D,2D3. The summed E-state index contributed by atoms with van der Waals surface area (Å²) in [7, 11) is -2.15. The molecule has 2 nitrogen and oxygen atoms in total. The highest BCUT2D eigenvalue weighted by Gasteiger charge is 2.26. The highest BCUT2D eigenvalue weighted by molar-refractivity contribution is 6.69. The van der Waals surface area contributed by atoms with Crippen LogP contribution in [0.25, 0.3) is 0 Å². The minimum absolute atomic E-state index is 0.565. The molecule has 0 aromatic carbocycles. The molecule has 0 saturated heterocycles. The van der Waals surface area contributed by atoms with Gasteiger partial charge < -0.3 is 4.43 Å². The highest BCUT2D eigenvalue weighted by atomic mass is 28.4. The van der Waals surface area contributed by atoms with E-state index in [1.54, 1.807) is 25.7 Å². The summed E-state index contributed by atoms with van der Waals surface area (Å²) in [4.78, 5) is 0. The average Bonchev–Trinajstić information content (AvgIpc) is 1.96. The second-order valence-electron chi connectivity index (χ2n) is 3.15. The first-order valence-electron chi connectivity index (χ1n) is 5.19. The normalized spacial score (nSPS) is 24.6. The fraction of sp³-hybridized carbons (Fsp3) is 0.857. The predicted molar refractivity (Wildman–Crippen MR) is 44.1 cm³/mol. The van der Waals surface area contributed by atoms with Gasteiger partial charge in [0.1, 0.15) is 5.60 Å². The van der Waals surface area contributed by atoms with Gasteiger partial charge in [0.25, 0.3) is 0 Å². The van der Waals surface area contributed by atoms with Crippen LogP contribution in [0.4, 0.5) is 0 Å². The molecule has 0 aromatic heterocycles. The second-order valence-corrected chi connectivity index (χ2v) is 7.58. The maximum atomic E-state index is 8.84. The molecule has 0 aliphatic rings.